The number of fused-ring (bicyclic) bond motifs is 2. The Hall–Kier alpha value is -2.11. The van der Waals surface area contributed by atoms with Crippen LogP contribution in [-0.4, -0.2) is 14.7 Å². The quantitative estimate of drug-likeness (QED) is 0.652. The molecule has 0 saturated heterocycles. The number of rotatable bonds is 1. The number of phenols is 1. The first-order valence-electron chi connectivity index (χ1n) is 7.42. The first-order chi connectivity index (χ1) is 11.5. The number of aromatic hydroxyl groups is 1. The Morgan fingerprint density at radius 1 is 1.25 bits per heavy atom. The van der Waals surface area contributed by atoms with Crippen LogP contribution in [0.2, 0.25) is 5.02 Å². The van der Waals surface area contributed by atoms with E-state index in [-0.39, 0.29) is 11.3 Å². The number of halogens is 2. The van der Waals surface area contributed by atoms with Gasteiger partial charge in [-0.05, 0) is 69.9 Å². The SMILES string of the molecule is O=c1c2ccc(Cl)cc2nc2n1CC/C2=C\c1ccc(O)c(Br)c1. The molecule has 1 aromatic heterocycles. The van der Waals surface area contributed by atoms with Gasteiger partial charge in [-0.15, -0.1) is 0 Å². The van der Waals surface area contributed by atoms with Gasteiger partial charge in [-0.1, -0.05) is 17.7 Å². The summed E-state index contributed by atoms with van der Waals surface area (Å²) in [7, 11) is 0. The minimum absolute atomic E-state index is 0.0399. The third-order valence-corrected chi connectivity index (χ3v) is 4.99. The molecule has 0 fully saturated rings. The second-order valence-electron chi connectivity index (χ2n) is 5.68. The van der Waals surface area contributed by atoms with Crippen LogP contribution in [0.25, 0.3) is 22.6 Å². The van der Waals surface area contributed by atoms with Crippen molar-refractivity contribution in [1.29, 1.82) is 0 Å². The summed E-state index contributed by atoms with van der Waals surface area (Å²) in [5.74, 6) is 0.873. The third-order valence-electron chi connectivity index (χ3n) is 4.12. The predicted octanol–water partition coefficient (Wildman–Crippen LogP) is 4.46. The molecular weight excluding hydrogens is 392 g/mol. The van der Waals surface area contributed by atoms with Gasteiger partial charge in [0.15, 0.2) is 0 Å². The number of allylic oxidation sites excluding steroid dienone is 1. The van der Waals surface area contributed by atoms with Gasteiger partial charge < -0.3 is 5.11 Å². The molecule has 0 bridgehead atoms. The molecule has 2 heterocycles. The zero-order valence-corrected chi connectivity index (χ0v) is 14.8. The third kappa shape index (κ3) is 2.54. The Morgan fingerprint density at radius 3 is 2.88 bits per heavy atom. The van der Waals surface area contributed by atoms with E-state index in [1.807, 2.05) is 18.2 Å². The molecule has 0 spiro atoms. The molecule has 1 N–H and O–H groups in total. The Bertz CT molecular complexity index is 1070. The van der Waals surface area contributed by atoms with Crippen molar-refractivity contribution >= 4 is 50.1 Å². The van der Waals surface area contributed by atoms with Crippen molar-refractivity contribution in [2.45, 2.75) is 13.0 Å². The molecule has 4 rings (SSSR count). The molecule has 0 atom stereocenters. The van der Waals surface area contributed by atoms with E-state index in [4.69, 9.17) is 11.6 Å². The Morgan fingerprint density at radius 2 is 2.08 bits per heavy atom. The molecule has 0 aliphatic carbocycles. The van der Waals surface area contributed by atoms with Crippen molar-refractivity contribution in [2.24, 2.45) is 0 Å². The fourth-order valence-electron chi connectivity index (χ4n) is 2.94. The zero-order chi connectivity index (χ0) is 16.8. The molecular formula is C18H12BrClN2O2. The average Bonchev–Trinajstić information content (AvgIpc) is 2.94. The Labute approximate surface area is 151 Å². The predicted molar refractivity (Wildman–Crippen MR) is 99.3 cm³/mol. The summed E-state index contributed by atoms with van der Waals surface area (Å²) in [4.78, 5) is 17.3. The highest BCUT2D eigenvalue weighted by atomic mass is 79.9. The highest BCUT2D eigenvalue weighted by molar-refractivity contribution is 9.10. The average molecular weight is 404 g/mol. The van der Waals surface area contributed by atoms with Gasteiger partial charge in [0.05, 0.1) is 15.4 Å². The lowest BCUT2D eigenvalue weighted by Crippen LogP contribution is -2.20. The summed E-state index contributed by atoms with van der Waals surface area (Å²) in [5, 5.41) is 10.7. The minimum atomic E-state index is -0.0399. The standard InChI is InChI=1S/C18H12BrClN2O2/c19-14-8-10(1-4-16(14)23)7-11-5-6-22-17(11)21-15-9-12(20)2-3-13(15)18(22)24/h1-4,7-9,23H,5-6H2/b11-7+. The maximum atomic E-state index is 12.6. The van der Waals surface area contributed by atoms with E-state index in [2.05, 4.69) is 20.9 Å². The van der Waals surface area contributed by atoms with Gasteiger partial charge in [0.25, 0.3) is 5.56 Å². The minimum Gasteiger partial charge on any atom is -0.507 e. The lowest BCUT2D eigenvalue weighted by atomic mass is 10.1. The second-order valence-corrected chi connectivity index (χ2v) is 6.97. The highest BCUT2D eigenvalue weighted by Gasteiger charge is 2.21. The Balaban J connectivity index is 1.89. The van der Waals surface area contributed by atoms with Crippen molar-refractivity contribution in [3.8, 4) is 5.75 Å². The molecule has 6 heteroatoms. The van der Waals surface area contributed by atoms with E-state index < -0.39 is 0 Å². The second kappa shape index (κ2) is 5.76. The number of nitrogens with zero attached hydrogens (tertiary/aromatic N) is 2. The van der Waals surface area contributed by atoms with Gasteiger partial charge in [-0.2, -0.15) is 0 Å². The van der Waals surface area contributed by atoms with Crippen molar-refractivity contribution in [3.63, 3.8) is 0 Å². The molecule has 24 heavy (non-hydrogen) atoms. The summed E-state index contributed by atoms with van der Waals surface area (Å²) < 4.78 is 2.34. The molecule has 2 aromatic carbocycles. The van der Waals surface area contributed by atoms with Crippen LogP contribution in [-0.2, 0) is 6.54 Å². The van der Waals surface area contributed by atoms with Gasteiger partial charge in [0, 0.05) is 11.6 Å². The monoisotopic (exact) mass is 402 g/mol. The summed E-state index contributed by atoms with van der Waals surface area (Å²) in [6.45, 7) is 0.616. The molecule has 0 unspecified atom stereocenters. The van der Waals surface area contributed by atoms with E-state index in [9.17, 15) is 9.90 Å². The summed E-state index contributed by atoms with van der Waals surface area (Å²) in [5.41, 5.74) is 2.50. The van der Waals surface area contributed by atoms with Gasteiger partial charge >= 0.3 is 0 Å². The number of hydrogen-bond acceptors (Lipinski definition) is 3. The first kappa shape index (κ1) is 15.4. The lowest BCUT2D eigenvalue weighted by Gasteiger charge is -2.06. The molecule has 0 saturated carbocycles. The van der Waals surface area contributed by atoms with E-state index >= 15 is 0 Å². The van der Waals surface area contributed by atoms with Crippen LogP contribution < -0.4 is 5.56 Å². The number of hydrogen-bond donors (Lipinski definition) is 1. The van der Waals surface area contributed by atoms with Gasteiger partial charge in [-0.25, -0.2) is 4.98 Å². The summed E-state index contributed by atoms with van der Waals surface area (Å²) >= 11 is 9.34. The van der Waals surface area contributed by atoms with E-state index in [1.165, 1.54) is 0 Å². The number of benzene rings is 2. The fraction of sp³-hybridized carbons (Fsp3) is 0.111. The van der Waals surface area contributed by atoms with Crippen LogP contribution >= 0.6 is 27.5 Å². The van der Waals surface area contributed by atoms with E-state index in [1.54, 1.807) is 28.8 Å². The molecule has 1 aliphatic heterocycles. The molecule has 1 aliphatic rings. The fourth-order valence-corrected chi connectivity index (χ4v) is 3.50. The van der Waals surface area contributed by atoms with Crippen molar-refractivity contribution in [3.05, 3.63) is 67.6 Å². The largest absolute Gasteiger partial charge is 0.507 e. The molecule has 0 amide bonds. The van der Waals surface area contributed by atoms with Crippen LogP contribution in [0.4, 0.5) is 0 Å². The molecule has 120 valence electrons. The molecule has 3 aromatic rings. The van der Waals surface area contributed by atoms with Crippen LogP contribution in [0, 0.1) is 0 Å². The number of aromatic nitrogens is 2. The summed E-state index contributed by atoms with van der Waals surface area (Å²) in [6, 6.07) is 10.4. The zero-order valence-electron chi connectivity index (χ0n) is 12.5. The molecule has 4 nitrogen and oxygen atoms in total. The highest BCUT2D eigenvalue weighted by Crippen LogP contribution is 2.30. The van der Waals surface area contributed by atoms with Crippen LogP contribution in [0.15, 0.2) is 45.7 Å². The maximum absolute atomic E-state index is 12.6. The van der Waals surface area contributed by atoms with Crippen LogP contribution in [0.1, 0.15) is 17.8 Å². The maximum Gasteiger partial charge on any atom is 0.261 e. The first-order valence-corrected chi connectivity index (χ1v) is 8.59. The molecule has 0 radical (unpaired) electrons. The van der Waals surface area contributed by atoms with Crippen molar-refractivity contribution in [1.82, 2.24) is 9.55 Å². The van der Waals surface area contributed by atoms with Gasteiger partial charge in [-0.3, -0.25) is 9.36 Å². The van der Waals surface area contributed by atoms with Crippen LogP contribution in [0.5, 0.6) is 5.75 Å². The number of phenolic OH excluding ortho intramolecular Hbond substituents is 1. The van der Waals surface area contributed by atoms with Gasteiger partial charge in [0.1, 0.15) is 11.6 Å². The van der Waals surface area contributed by atoms with Crippen LogP contribution in [0.3, 0.4) is 0 Å². The smallest absolute Gasteiger partial charge is 0.261 e. The van der Waals surface area contributed by atoms with E-state index in [0.717, 1.165) is 17.6 Å². The topological polar surface area (TPSA) is 55.1 Å². The lowest BCUT2D eigenvalue weighted by molar-refractivity contribution is 0.472. The Kier molecular flexibility index (Phi) is 3.70. The van der Waals surface area contributed by atoms with Crippen molar-refractivity contribution in [2.75, 3.05) is 0 Å². The normalized spacial score (nSPS) is 15.2. The van der Waals surface area contributed by atoms with E-state index in [0.29, 0.717) is 32.8 Å². The summed E-state index contributed by atoms with van der Waals surface area (Å²) in [6.07, 6.45) is 2.73. The van der Waals surface area contributed by atoms with Gasteiger partial charge in [0.2, 0.25) is 0 Å². The van der Waals surface area contributed by atoms with Crippen molar-refractivity contribution < 1.29 is 5.11 Å².